The Labute approximate surface area is 122 Å². The van der Waals surface area contributed by atoms with Crippen molar-refractivity contribution >= 4 is 0 Å². The Balaban J connectivity index is 1.82. The molecule has 2 rings (SSSR count). The first-order chi connectivity index (χ1) is 9.85. The molecule has 1 aromatic carbocycles. The molecule has 1 aromatic rings. The number of nitrogens with one attached hydrogen (secondary N) is 1. The van der Waals surface area contributed by atoms with Gasteiger partial charge in [-0.1, -0.05) is 31.9 Å². The standard InChI is InChI=1S/C17H27NO2/c1-3-18-15-9-5-4-8-14(15)12-13-20-17-11-7-6-10-16(17)19-2/h6-7,10-11,14-15,18H,3-5,8-9,12-13H2,1-2H3. The van der Waals surface area contributed by atoms with Gasteiger partial charge >= 0.3 is 0 Å². The first-order valence-electron chi connectivity index (χ1n) is 7.84. The SMILES string of the molecule is CCNC1CCCCC1CCOc1ccccc1OC. The normalized spacial score (nSPS) is 22.5. The molecule has 0 spiro atoms. The number of ether oxygens (including phenoxy) is 2. The van der Waals surface area contributed by atoms with E-state index in [1.165, 1.54) is 25.7 Å². The largest absolute Gasteiger partial charge is 0.493 e. The molecule has 1 N–H and O–H groups in total. The molecule has 1 aliphatic rings. The van der Waals surface area contributed by atoms with E-state index in [1.54, 1.807) is 7.11 Å². The molecule has 1 aliphatic carbocycles. The van der Waals surface area contributed by atoms with E-state index in [1.807, 2.05) is 24.3 Å². The van der Waals surface area contributed by atoms with Crippen LogP contribution in [0.5, 0.6) is 11.5 Å². The van der Waals surface area contributed by atoms with Crippen molar-refractivity contribution in [2.24, 2.45) is 5.92 Å². The number of hydrogen-bond donors (Lipinski definition) is 1. The average molecular weight is 277 g/mol. The minimum absolute atomic E-state index is 0.676. The summed E-state index contributed by atoms with van der Waals surface area (Å²) >= 11 is 0. The Morgan fingerprint density at radius 1 is 1.15 bits per heavy atom. The average Bonchev–Trinajstić information content (AvgIpc) is 2.50. The molecule has 2 unspecified atom stereocenters. The number of rotatable bonds is 7. The van der Waals surface area contributed by atoms with Crippen LogP contribution in [0.4, 0.5) is 0 Å². The molecule has 0 radical (unpaired) electrons. The molecule has 20 heavy (non-hydrogen) atoms. The van der Waals surface area contributed by atoms with E-state index in [-0.39, 0.29) is 0 Å². The number of para-hydroxylation sites is 2. The molecule has 112 valence electrons. The minimum atomic E-state index is 0.676. The molecule has 0 heterocycles. The van der Waals surface area contributed by atoms with Crippen molar-refractivity contribution in [1.82, 2.24) is 5.32 Å². The lowest BCUT2D eigenvalue weighted by Crippen LogP contribution is -2.39. The zero-order chi connectivity index (χ0) is 14.2. The third-order valence-electron chi connectivity index (χ3n) is 4.19. The van der Waals surface area contributed by atoms with Crippen molar-refractivity contribution in [1.29, 1.82) is 0 Å². The van der Waals surface area contributed by atoms with Crippen LogP contribution >= 0.6 is 0 Å². The van der Waals surface area contributed by atoms with E-state index in [4.69, 9.17) is 9.47 Å². The minimum Gasteiger partial charge on any atom is -0.493 e. The number of methoxy groups -OCH3 is 1. The van der Waals surface area contributed by atoms with E-state index < -0.39 is 0 Å². The van der Waals surface area contributed by atoms with Crippen LogP contribution in [-0.2, 0) is 0 Å². The number of hydrogen-bond acceptors (Lipinski definition) is 3. The van der Waals surface area contributed by atoms with Crippen molar-refractivity contribution in [3.8, 4) is 11.5 Å². The third-order valence-corrected chi connectivity index (χ3v) is 4.19. The fraction of sp³-hybridized carbons (Fsp3) is 0.647. The molecular weight excluding hydrogens is 250 g/mol. The van der Waals surface area contributed by atoms with E-state index in [0.717, 1.165) is 37.0 Å². The first kappa shape index (κ1) is 15.2. The Bertz CT molecular complexity index is 392. The fourth-order valence-corrected chi connectivity index (χ4v) is 3.14. The predicted molar refractivity (Wildman–Crippen MR) is 82.5 cm³/mol. The molecule has 1 fully saturated rings. The summed E-state index contributed by atoms with van der Waals surface area (Å²) < 4.78 is 11.2. The summed E-state index contributed by atoms with van der Waals surface area (Å²) in [6.45, 7) is 4.03. The molecular formula is C17H27NO2. The van der Waals surface area contributed by atoms with Gasteiger partial charge in [-0.15, -0.1) is 0 Å². The molecule has 3 nitrogen and oxygen atoms in total. The van der Waals surface area contributed by atoms with E-state index in [2.05, 4.69) is 12.2 Å². The van der Waals surface area contributed by atoms with Crippen molar-refractivity contribution in [2.75, 3.05) is 20.3 Å². The van der Waals surface area contributed by atoms with Crippen LogP contribution in [0.2, 0.25) is 0 Å². The molecule has 2 atom stereocenters. The maximum Gasteiger partial charge on any atom is 0.161 e. The number of benzene rings is 1. The summed E-state index contributed by atoms with van der Waals surface area (Å²) in [6, 6.07) is 8.54. The molecule has 0 saturated heterocycles. The van der Waals surface area contributed by atoms with Crippen LogP contribution in [-0.4, -0.2) is 26.3 Å². The second-order valence-electron chi connectivity index (χ2n) is 5.50. The molecule has 1 saturated carbocycles. The van der Waals surface area contributed by atoms with Gasteiger partial charge in [-0.2, -0.15) is 0 Å². The van der Waals surface area contributed by atoms with Gasteiger partial charge in [0.05, 0.1) is 13.7 Å². The Morgan fingerprint density at radius 2 is 1.90 bits per heavy atom. The second-order valence-corrected chi connectivity index (χ2v) is 5.50. The third kappa shape index (κ3) is 4.14. The smallest absolute Gasteiger partial charge is 0.161 e. The van der Waals surface area contributed by atoms with Crippen molar-refractivity contribution in [3.63, 3.8) is 0 Å². The highest BCUT2D eigenvalue weighted by Gasteiger charge is 2.24. The van der Waals surface area contributed by atoms with Crippen LogP contribution in [0.3, 0.4) is 0 Å². The lowest BCUT2D eigenvalue weighted by atomic mass is 9.82. The van der Waals surface area contributed by atoms with Crippen molar-refractivity contribution < 1.29 is 9.47 Å². The molecule has 0 bridgehead atoms. The maximum absolute atomic E-state index is 5.90. The van der Waals surface area contributed by atoms with E-state index in [9.17, 15) is 0 Å². The second kappa shape index (κ2) is 8.15. The maximum atomic E-state index is 5.90. The van der Waals surface area contributed by atoms with Gasteiger partial charge in [-0.3, -0.25) is 0 Å². The lowest BCUT2D eigenvalue weighted by Gasteiger charge is -2.32. The highest BCUT2D eigenvalue weighted by molar-refractivity contribution is 5.39. The van der Waals surface area contributed by atoms with Gasteiger partial charge < -0.3 is 14.8 Å². The van der Waals surface area contributed by atoms with Gasteiger partial charge in [0.25, 0.3) is 0 Å². The van der Waals surface area contributed by atoms with Crippen molar-refractivity contribution in [3.05, 3.63) is 24.3 Å². The van der Waals surface area contributed by atoms with Crippen molar-refractivity contribution in [2.45, 2.75) is 45.1 Å². The van der Waals surface area contributed by atoms with Gasteiger partial charge in [0.1, 0.15) is 0 Å². The summed E-state index contributed by atoms with van der Waals surface area (Å²) in [5, 5.41) is 3.63. The Hall–Kier alpha value is -1.22. The van der Waals surface area contributed by atoms with E-state index in [0.29, 0.717) is 6.04 Å². The summed E-state index contributed by atoms with van der Waals surface area (Å²) in [4.78, 5) is 0. The van der Waals surface area contributed by atoms with Crippen LogP contribution in [0.1, 0.15) is 39.0 Å². The monoisotopic (exact) mass is 277 g/mol. The molecule has 0 amide bonds. The zero-order valence-corrected chi connectivity index (χ0v) is 12.7. The van der Waals surface area contributed by atoms with Crippen LogP contribution in [0.15, 0.2) is 24.3 Å². The summed E-state index contributed by atoms with van der Waals surface area (Å²) in [7, 11) is 1.69. The predicted octanol–water partition coefficient (Wildman–Crippen LogP) is 3.63. The Kier molecular flexibility index (Phi) is 6.19. The first-order valence-corrected chi connectivity index (χ1v) is 7.84. The van der Waals surface area contributed by atoms with Crippen LogP contribution in [0, 0.1) is 5.92 Å². The summed E-state index contributed by atoms with van der Waals surface area (Å²) in [5.74, 6) is 2.42. The quantitative estimate of drug-likeness (QED) is 0.825. The fourth-order valence-electron chi connectivity index (χ4n) is 3.14. The van der Waals surface area contributed by atoms with Gasteiger partial charge in [-0.25, -0.2) is 0 Å². The molecule has 3 heteroatoms. The van der Waals surface area contributed by atoms with Crippen LogP contribution in [0.25, 0.3) is 0 Å². The zero-order valence-electron chi connectivity index (χ0n) is 12.7. The molecule has 0 aromatic heterocycles. The highest BCUT2D eigenvalue weighted by atomic mass is 16.5. The Morgan fingerprint density at radius 3 is 2.65 bits per heavy atom. The van der Waals surface area contributed by atoms with Gasteiger partial charge in [0, 0.05) is 6.04 Å². The van der Waals surface area contributed by atoms with E-state index >= 15 is 0 Å². The van der Waals surface area contributed by atoms with Gasteiger partial charge in [0.2, 0.25) is 0 Å². The summed E-state index contributed by atoms with van der Waals surface area (Å²) in [6.07, 6.45) is 6.48. The van der Waals surface area contributed by atoms with Gasteiger partial charge in [-0.05, 0) is 43.9 Å². The van der Waals surface area contributed by atoms with Gasteiger partial charge in [0.15, 0.2) is 11.5 Å². The highest BCUT2D eigenvalue weighted by Crippen LogP contribution is 2.29. The van der Waals surface area contributed by atoms with Crippen LogP contribution < -0.4 is 14.8 Å². The summed E-state index contributed by atoms with van der Waals surface area (Å²) in [5.41, 5.74) is 0. The lowest BCUT2D eigenvalue weighted by molar-refractivity contribution is 0.202. The molecule has 0 aliphatic heterocycles. The topological polar surface area (TPSA) is 30.5 Å².